The van der Waals surface area contributed by atoms with Crippen molar-refractivity contribution < 1.29 is 14.3 Å². The van der Waals surface area contributed by atoms with Crippen LogP contribution in [0.3, 0.4) is 0 Å². The highest BCUT2D eigenvalue weighted by Crippen LogP contribution is 2.43. The van der Waals surface area contributed by atoms with Gasteiger partial charge in [0.15, 0.2) is 5.69 Å². The number of benzene rings is 2. The predicted molar refractivity (Wildman–Crippen MR) is 125 cm³/mol. The second kappa shape index (κ2) is 9.82. The molecule has 32 heavy (non-hydrogen) atoms. The molecule has 2 aromatic carbocycles. The molecule has 1 amide bonds. The van der Waals surface area contributed by atoms with E-state index >= 15 is 0 Å². The monoisotopic (exact) mass is 448 g/mol. The zero-order valence-corrected chi connectivity index (χ0v) is 18.8. The summed E-state index contributed by atoms with van der Waals surface area (Å²) in [7, 11) is 0. The van der Waals surface area contributed by atoms with Gasteiger partial charge in [-0.05, 0) is 43.0 Å². The number of para-hydroxylation sites is 1. The molecule has 164 valence electrons. The molecular formula is C24H24N4O3S. The fourth-order valence-electron chi connectivity index (χ4n) is 3.50. The van der Waals surface area contributed by atoms with Gasteiger partial charge < -0.3 is 9.47 Å². The van der Waals surface area contributed by atoms with Crippen LogP contribution in [0.1, 0.15) is 31.6 Å². The fourth-order valence-corrected chi connectivity index (χ4v) is 3.80. The van der Waals surface area contributed by atoms with Crippen LogP contribution >= 0.6 is 11.8 Å². The van der Waals surface area contributed by atoms with Gasteiger partial charge in [0.2, 0.25) is 23.2 Å². The van der Waals surface area contributed by atoms with Crippen molar-refractivity contribution in [3.8, 4) is 22.9 Å². The Bertz CT molecular complexity index is 1120. The van der Waals surface area contributed by atoms with E-state index < -0.39 is 6.23 Å². The molecule has 1 atom stereocenters. The quantitative estimate of drug-likeness (QED) is 0.370. The molecule has 2 heterocycles. The molecule has 0 aliphatic carbocycles. The van der Waals surface area contributed by atoms with Crippen molar-refractivity contribution in [3.05, 3.63) is 66.7 Å². The molecule has 0 saturated carbocycles. The standard InChI is InChI=1S/C24H24N4O3S/c1-4-8-20(29)28-19-10-7-6-9-18(19)21-22(25-24(32-3)27-26-21)31-23(28)16-11-13-17(14-12-16)30-15-5-2/h5-7,9-14,23H,2,4,8,15H2,1,3H3. The van der Waals surface area contributed by atoms with E-state index in [9.17, 15) is 4.79 Å². The normalized spacial score (nSPS) is 14.6. The number of rotatable bonds is 7. The molecule has 8 heteroatoms. The number of amides is 1. The Balaban J connectivity index is 1.86. The van der Waals surface area contributed by atoms with Crippen LogP contribution in [0.15, 0.2) is 66.3 Å². The second-order valence-corrected chi connectivity index (χ2v) is 7.90. The zero-order valence-electron chi connectivity index (χ0n) is 18.0. The first kappa shape index (κ1) is 21.8. The maximum Gasteiger partial charge on any atom is 0.247 e. The van der Waals surface area contributed by atoms with Gasteiger partial charge in [-0.15, -0.1) is 10.2 Å². The number of fused-ring (bicyclic) bond motifs is 3. The second-order valence-electron chi connectivity index (χ2n) is 7.12. The largest absolute Gasteiger partial charge is 0.490 e. The minimum atomic E-state index is -0.712. The molecule has 1 aliphatic heterocycles. The van der Waals surface area contributed by atoms with Gasteiger partial charge in [-0.3, -0.25) is 9.69 Å². The third-order valence-corrected chi connectivity index (χ3v) is 5.50. The first-order chi connectivity index (χ1) is 15.7. The van der Waals surface area contributed by atoms with Gasteiger partial charge in [-0.1, -0.05) is 49.5 Å². The smallest absolute Gasteiger partial charge is 0.247 e. The third kappa shape index (κ3) is 4.31. The van der Waals surface area contributed by atoms with Gasteiger partial charge in [0, 0.05) is 17.5 Å². The van der Waals surface area contributed by atoms with E-state index in [0.29, 0.717) is 35.5 Å². The first-order valence-electron chi connectivity index (χ1n) is 10.4. The summed E-state index contributed by atoms with van der Waals surface area (Å²) in [5.74, 6) is 1.02. The summed E-state index contributed by atoms with van der Waals surface area (Å²) >= 11 is 1.38. The first-order valence-corrected chi connectivity index (χ1v) is 11.6. The maximum absolute atomic E-state index is 13.3. The summed E-state index contributed by atoms with van der Waals surface area (Å²) in [4.78, 5) is 19.6. The maximum atomic E-state index is 13.3. The molecule has 0 saturated heterocycles. The molecule has 1 unspecified atom stereocenters. The lowest BCUT2D eigenvalue weighted by Gasteiger charge is -2.31. The Morgan fingerprint density at radius 1 is 1.22 bits per heavy atom. The van der Waals surface area contributed by atoms with E-state index in [4.69, 9.17) is 9.47 Å². The number of nitrogens with zero attached hydrogens (tertiary/aromatic N) is 4. The van der Waals surface area contributed by atoms with Crippen molar-refractivity contribution in [1.82, 2.24) is 15.2 Å². The average Bonchev–Trinajstić information content (AvgIpc) is 2.97. The number of anilines is 1. The molecule has 0 radical (unpaired) electrons. The van der Waals surface area contributed by atoms with E-state index in [1.807, 2.05) is 61.7 Å². The zero-order chi connectivity index (χ0) is 22.5. The van der Waals surface area contributed by atoms with Crippen LogP contribution in [0, 0.1) is 0 Å². The molecule has 1 aromatic heterocycles. The van der Waals surface area contributed by atoms with Gasteiger partial charge in [0.05, 0.1) is 5.69 Å². The number of carbonyl (C=O) groups excluding carboxylic acids is 1. The van der Waals surface area contributed by atoms with E-state index in [0.717, 1.165) is 23.2 Å². The Labute approximate surface area is 191 Å². The van der Waals surface area contributed by atoms with Crippen LogP contribution < -0.4 is 14.4 Å². The topological polar surface area (TPSA) is 77.4 Å². The number of thioether (sulfide) groups is 1. The van der Waals surface area contributed by atoms with Crippen LogP contribution in [0.2, 0.25) is 0 Å². The van der Waals surface area contributed by atoms with Crippen molar-refractivity contribution >= 4 is 23.4 Å². The molecular weight excluding hydrogens is 424 g/mol. The van der Waals surface area contributed by atoms with E-state index in [1.165, 1.54) is 11.8 Å². The van der Waals surface area contributed by atoms with Crippen LogP contribution in [0.4, 0.5) is 5.69 Å². The Morgan fingerprint density at radius 3 is 2.72 bits per heavy atom. The van der Waals surface area contributed by atoms with Crippen LogP contribution in [-0.2, 0) is 4.79 Å². The molecule has 0 spiro atoms. The lowest BCUT2D eigenvalue weighted by atomic mass is 10.1. The van der Waals surface area contributed by atoms with Gasteiger partial charge in [-0.25, -0.2) is 0 Å². The number of ether oxygens (including phenoxy) is 2. The molecule has 0 N–H and O–H groups in total. The fraction of sp³-hybridized carbons (Fsp3) is 0.250. The third-order valence-electron chi connectivity index (χ3n) is 4.96. The summed E-state index contributed by atoms with van der Waals surface area (Å²) in [6, 6.07) is 15.1. The van der Waals surface area contributed by atoms with Crippen LogP contribution in [0.25, 0.3) is 11.3 Å². The molecule has 0 fully saturated rings. The average molecular weight is 449 g/mol. The van der Waals surface area contributed by atoms with E-state index in [-0.39, 0.29) is 5.91 Å². The molecule has 7 nitrogen and oxygen atoms in total. The van der Waals surface area contributed by atoms with Crippen LogP contribution in [-0.4, -0.2) is 34.0 Å². The van der Waals surface area contributed by atoms with Crippen molar-refractivity contribution in [2.75, 3.05) is 17.8 Å². The van der Waals surface area contributed by atoms with Gasteiger partial charge in [-0.2, -0.15) is 4.98 Å². The molecule has 4 rings (SSSR count). The Morgan fingerprint density at radius 2 is 2.00 bits per heavy atom. The van der Waals surface area contributed by atoms with Crippen molar-refractivity contribution in [3.63, 3.8) is 0 Å². The van der Waals surface area contributed by atoms with Crippen molar-refractivity contribution in [2.24, 2.45) is 0 Å². The minimum absolute atomic E-state index is 0.0391. The lowest BCUT2D eigenvalue weighted by Crippen LogP contribution is -2.37. The lowest BCUT2D eigenvalue weighted by molar-refractivity contribution is -0.120. The summed E-state index contributed by atoms with van der Waals surface area (Å²) in [5, 5.41) is 9.07. The number of aromatic nitrogens is 3. The van der Waals surface area contributed by atoms with Crippen molar-refractivity contribution in [1.29, 1.82) is 0 Å². The van der Waals surface area contributed by atoms with E-state index in [1.54, 1.807) is 11.0 Å². The molecule has 0 bridgehead atoms. The summed E-state index contributed by atoms with van der Waals surface area (Å²) in [6.45, 7) is 6.07. The van der Waals surface area contributed by atoms with Gasteiger partial charge >= 0.3 is 0 Å². The van der Waals surface area contributed by atoms with Gasteiger partial charge in [0.25, 0.3) is 0 Å². The number of hydrogen-bond acceptors (Lipinski definition) is 7. The summed E-state index contributed by atoms with van der Waals surface area (Å²) in [5.41, 5.74) is 2.79. The highest BCUT2D eigenvalue weighted by Gasteiger charge is 2.35. The van der Waals surface area contributed by atoms with Crippen LogP contribution in [0.5, 0.6) is 11.6 Å². The Kier molecular flexibility index (Phi) is 6.70. The SMILES string of the molecule is C=CCOc1ccc(C2Oc3nc(SC)nnc3-c3ccccc3N2C(=O)CCC)cc1. The highest BCUT2D eigenvalue weighted by atomic mass is 32.2. The number of hydrogen-bond donors (Lipinski definition) is 0. The van der Waals surface area contributed by atoms with Crippen molar-refractivity contribution in [2.45, 2.75) is 31.1 Å². The molecule has 3 aromatic rings. The molecule has 1 aliphatic rings. The minimum Gasteiger partial charge on any atom is -0.490 e. The Hall–Kier alpha value is -3.39. The highest BCUT2D eigenvalue weighted by molar-refractivity contribution is 7.98. The summed E-state index contributed by atoms with van der Waals surface area (Å²) in [6.07, 6.45) is 3.97. The summed E-state index contributed by atoms with van der Waals surface area (Å²) < 4.78 is 12.0. The van der Waals surface area contributed by atoms with E-state index in [2.05, 4.69) is 21.8 Å². The number of carbonyl (C=O) groups is 1. The van der Waals surface area contributed by atoms with Gasteiger partial charge in [0.1, 0.15) is 12.4 Å². The predicted octanol–water partition coefficient (Wildman–Crippen LogP) is 5.05.